The standard InChI is InChI=1S/C18H20N2O3.HI/c1-20-12-6-9-16(13-20)18(22)19-11-5-10-17(21)23-14-15-7-3-2-4-8-15;/h2-4,6-9,12-13H,5,10-11,14H2,1H3;1H. The van der Waals surface area contributed by atoms with Gasteiger partial charge in [0.15, 0.2) is 12.4 Å². The minimum Gasteiger partial charge on any atom is -1.00 e. The quantitative estimate of drug-likeness (QED) is 0.254. The molecular weight excluding hydrogens is 419 g/mol. The van der Waals surface area contributed by atoms with Crippen molar-refractivity contribution < 1.29 is 42.9 Å². The van der Waals surface area contributed by atoms with Crippen LogP contribution in [-0.4, -0.2) is 18.4 Å². The molecule has 0 radical (unpaired) electrons. The van der Waals surface area contributed by atoms with Gasteiger partial charge in [0.1, 0.15) is 19.2 Å². The predicted octanol–water partition coefficient (Wildman–Crippen LogP) is -1.23. The fourth-order valence-corrected chi connectivity index (χ4v) is 2.07. The van der Waals surface area contributed by atoms with Gasteiger partial charge in [-0.25, -0.2) is 4.57 Å². The molecule has 0 saturated heterocycles. The van der Waals surface area contributed by atoms with Crippen LogP contribution in [0.1, 0.15) is 28.8 Å². The molecule has 0 bridgehead atoms. The molecule has 2 aromatic rings. The molecule has 2 rings (SSSR count). The number of nitrogens with one attached hydrogen (secondary N) is 1. The smallest absolute Gasteiger partial charge is 0.306 e. The Hall–Kier alpha value is -1.96. The first-order chi connectivity index (χ1) is 11.1. The van der Waals surface area contributed by atoms with Gasteiger partial charge in [0.2, 0.25) is 0 Å². The second-order valence-corrected chi connectivity index (χ2v) is 5.26. The number of amides is 1. The summed E-state index contributed by atoms with van der Waals surface area (Å²) in [7, 11) is 1.86. The van der Waals surface area contributed by atoms with Gasteiger partial charge in [-0.05, 0) is 18.1 Å². The molecule has 1 amide bonds. The second-order valence-electron chi connectivity index (χ2n) is 5.26. The Kier molecular flexibility index (Phi) is 8.99. The Bertz CT molecular complexity index is 662. The summed E-state index contributed by atoms with van der Waals surface area (Å²) < 4.78 is 7.00. The number of ether oxygens (including phenoxy) is 1. The Balaban J connectivity index is 0.00000288. The molecule has 1 aromatic heterocycles. The van der Waals surface area contributed by atoms with Crippen LogP contribution < -0.4 is 33.9 Å². The average molecular weight is 440 g/mol. The normalized spacial score (nSPS) is 9.71. The third kappa shape index (κ3) is 7.08. The fraction of sp³-hybridized carbons (Fsp3) is 0.278. The van der Waals surface area contributed by atoms with Crippen molar-refractivity contribution in [1.29, 1.82) is 0 Å². The predicted molar refractivity (Wildman–Crippen MR) is 85.4 cm³/mol. The molecule has 0 aliphatic carbocycles. The van der Waals surface area contributed by atoms with Crippen LogP contribution >= 0.6 is 0 Å². The van der Waals surface area contributed by atoms with Gasteiger partial charge in [-0.3, -0.25) is 9.59 Å². The Morgan fingerprint density at radius 1 is 1.12 bits per heavy atom. The zero-order valence-corrected chi connectivity index (χ0v) is 15.7. The number of rotatable bonds is 7. The summed E-state index contributed by atoms with van der Waals surface area (Å²) in [5.41, 5.74) is 1.56. The number of carbonyl (C=O) groups is 2. The van der Waals surface area contributed by atoms with Crippen molar-refractivity contribution in [2.45, 2.75) is 19.4 Å². The SMILES string of the molecule is C[n+]1cccc(C(=O)NCCCC(=O)OCc2ccccc2)c1.[I-]. The van der Waals surface area contributed by atoms with Gasteiger partial charge in [0, 0.05) is 19.0 Å². The lowest BCUT2D eigenvalue weighted by molar-refractivity contribution is -0.671. The molecule has 0 atom stereocenters. The van der Waals surface area contributed by atoms with Crippen molar-refractivity contribution in [2.24, 2.45) is 7.05 Å². The molecule has 6 heteroatoms. The number of halogens is 1. The van der Waals surface area contributed by atoms with E-state index in [1.807, 2.05) is 54.2 Å². The lowest BCUT2D eigenvalue weighted by Gasteiger charge is -2.06. The maximum absolute atomic E-state index is 11.9. The fourth-order valence-electron chi connectivity index (χ4n) is 2.07. The van der Waals surface area contributed by atoms with Crippen LogP contribution in [0.15, 0.2) is 54.9 Å². The number of aromatic nitrogens is 1. The first kappa shape index (κ1) is 20.1. The lowest BCUT2D eigenvalue weighted by atomic mass is 10.2. The molecule has 0 aliphatic rings. The van der Waals surface area contributed by atoms with E-state index in [-0.39, 0.29) is 48.9 Å². The van der Waals surface area contributed by atoms with Crippen LogP contribution in [0.5, 0.6) is 0 Å². The van der Waals surface area contributed by atoms with E-state index in [0.29, 0.717) is 18.5 Å². The highest BCUT2D eigenvalue weighted by Crippen LogP contribution is 2.02. The molecule has 24 heavy (non-hydrogen) atoms. The van der Waals surface area contributed by atoms with Crippen LogP contribution in [0.4, 0.5) is 0 Å². The van der Waals surface area contributed by atoms with Crippen molar-refractivity contribution >= 4 is 11.9 Å². The summed E-state index contributed by atoms with van der Waals surface area (Å²) in [5.74, 6) is -0.395. The topological polar surface area (TPSA) is 59.3 Å². The first-order valence-electron chi connectivity index (χ1n) is 7.58. The molecule has 0 saturated carbocycles. The van der Waals surface area contributed by atoms with Gasteiger partial charge < -0.3 is 34.0 Å². The van der Waals surface area contributed by atoms with E-state index in [1.165, 1.54) is 0 Å². The molecular formula is C18H21IN2O3. The summed E-state index contributed by atoms with van der Waals surface area (Å²) >= 11 is 0. The van der Waals surface area contributed by atoms with E-state index >= 15 is 0 Å². The monoisotopic (exact) mass is 440 g/mol. The van der Waals surface area contributed by atoms with Gasteiger partial charge in [-0.2, -0.15) is 0 Å². The molecule has 128 valence electrons. The summed E-state index contributed by atoms with van der Waals surface area (Å²) in [6.07, 6.45) is 4.46. The molecule has 0 unspecified atom stereocenters. The number of benzene rings is 1. The van der Waals surface area contributed by atoms with Crippen LogP contribution in [0, 0.1) is 0 Å². The Labute approximate surface area is 159 Å². The third-order valence-corrected chi connectivity index (χ3v) is 3.29. The second kappa shape index (κ2) is 10.7. The van der Waals surface area contributed by atoms with E-state index in [4.69, 9.17) is 4.74 Å². The number of hydrogen-bond donors (Lipinski definition) is 1. The van der Waals surface area contributed by atoms with Crippen LogP contribution in [0.2, 0.25) is 0 Å². The Morgan fingerprint density at radius 2 is 1.88 bits per heavy atom. The van der Waals surface area contributed by atoms with Crippen LogP contribution in [-0.2, 0) is 23.2 Å². The van der Waals surface area contributed by atoms with Gasteiger partial charge in [0.05, 0.1) is 0 Å². The van der Waals surface area contributed by atoms with Gasteiger partial charge in [-0.1, -0.05) is 30.3 Å². The molecule has 5 nitrogen and oxygen atoms in total. The van der Waals surface area contributed by atoms with E-state index in [2.05, 4.69) is 5.32 Å². The summed E-state index contributed by atoms with van der Waals surface area (Å²) in [6, 6.07) is 13.1. The van der Waals surface area contributed by atoms with Gasteiger partial charge in [-0.15, -0.1) is 0 Å². The average Bonchev–Trinajstić information content (AvgIpc) is 2.57. The molecule has 1 aromatic carbocycles. The van der Waals surface area contributed by atoms with Crippen LogP contribution in [0.3, 0.4) is 0 Å². The van der Waals surface area contributed by atoms with E-state index < -0.39 is 0 Å². The zero-order chi connectivity index (χ0) is 16.5. The van der Waals surface area contributed by atoms with Crippen molar-refractivity contribution in [3.05, 3.63) is 66.0 Å². The summed E-state index contributed by atoms with van der Waals surface area (Å²) in [5, 5.41) is 2.80. The molecule has 1 N–H and O–H groups in total. The van der Waals surface area contributed by atoms with Crippen molar-refractivity contribution in [2.75, 3.05) is 6.54 Å². The highest BCUT2D eigenvalue weighted by molar-refractivity contribution is 5.93. The summed E-state index contributed by atoms with van der Waals surface area (Å²) in [4.78, 5) is 23.5. The van der Waals surface area contributed by atoms with E-state index in [0.717, 1.165) is 5.56 Å². The van der Waals surface area contributed by atoms with Gasteiger partial charge >= 0.3 is 5.97 Å². The number of esters is 1. The Morgan fingerprint density at radius 3 is 2.58 bits per heavy atom. The van der Waals surface area contributed by atoms with Crippen molar-refractivity contribution in [1.82, 2.24) is 5.32 Å². The highest BCUT2D eigenvalue weighted by Gasteiger charge is 2.09. The molecule has 1 heterocycles. The number of carbonyl (C=O) groups excluding carboxylic acids is 2. The largest absolute Gasteiger partial charge is 1.00 e. The number of aryl methyl sites for hydroxylation is 1. The zero-order valence-electron chi connectivity index (χ0n) is 13.6. The molecule has 0 spiro atoms. The van der Waals surface area contributed by atoms with E-state index in [1.54, 1.807) is 12.3 Å². The minimum atomic E-state index is -0.255. The number of hydrogen-bond acceptors (Lipinski definition) is 3. The van der Waals surface area contributed by atoms with Gasteiger partial charge in [0.25, 0.3) is 5.91 Å². The number of pyridine rings is 1. The highest BCUT2D eigenvalue weighted by atomic mass is 127. The van der Waals surface area contributed by atoms with Crippen molar-refractivity contribution in [3.8, 4) is 0 Å². The minimum absolute atomic E-state index is 0. The first-order valence-corrected chi connectivity index (χ1v) is 7.58. The molecule has 0 aliphatic heterocycles. The third-order valence-electron chi connectivity index (χ3n) is 3.29. The summed E-state index contributed by atoms with van der Waals surface area (Å²) in [6.45, 7) is 0.727. The van der Waals surface area contributed by atoms with Crippen molar-refractivity contribution in [3.63, 3.8) is 0 Å². The van der Waals surface area contributed by atoms with Crippen LogP contribution in [0.25, 0.3) is 0 Å². The lowest BCUT2D eigenvalue weighted by Crippen LogP contribution is -3.00. The number of nitrogens with zero attached hydrogens (tertiary/aromatic N) is 1. The van der Waals surface area contributed by atoms with E-state index in [9.17, 15) is 9.59 Å². The maximum atomic E-state index is 11.9. The maximum Gasteiger partial charge on any atom is 0.306 e. The molecule has 0 fully saturated rings.